The fourth-order valence-electron chi connectivity index (χ4n) is 3.49. The van der Waals surface area contributed by atoms with E-state index in [1.165, 1.54) is 48.9 Å². The molecule has 2 aromatic rings. The average Bonchev–Trinajstić information content (AvgIpc) is 2.56. The molecule has 0 aromatic heterocycles. The van der Waals surface area contributed by atoms with Crippen molar-refractivity contribution in [2.75, 3.05) is 5.32 Å². The van der Waals surface area contributed by atoms with Gasteiger partial charge in [0.15, 0.2) is 0 Å². The smallest absolute Gasteiger partial charge is 0.0384 e. The van der Waals surface area contributed by atoms with Crippen LogP contribution in [0.1, 0.15) is 69.9 Å². The number of benzene rings is 2. The molecule has 1 aliphatic carbocycles. The Morgan fingerprint density at radius 3 is 1.78 bits per heavy atom. The van der Waals surface area contributed by atoms with Gasteiger partial charge in [0.25, 0.3) is 0 Å². The minimum atomic E-state index is 0.209. The van der Waals surface area contributed by atoms with Gasteiger partial charge in [-0.1, -0.05) is 64.3 Å². The number of rotatable bonds is 3. The van der Waals surface area contributed by atoms with E-state index in [0.717, 1.165) is 11.6 Å². The molecule has 0 aliphatic heterocycles. The van der Waals surface area contributed by atoms with Gasteiger partial charge in [-0.15, -0.1) is 0 Å². The van der Waals surface area contributed by atoms with Gasteiger partial charge in [0.2, 0.25) is 0 Å². The summed E-state index contributed by atoms with van der Waals surface area (Å²) in [5.74, 6) is 0.781. The first kappa shape index (κ1) is 16.1. The summed E-state index contributed by atoms with van der Waals surface area (Å²) >= 11 is 0. The Bertz CT molecular complexity index is 611. The third kappa shape index (κ3) is 4.16. The maximum atomic E-state index is 3.51. The van der Waals surface area contributed by atoms with E-state index in [4.69, 9.17) is 0 Å². The van der Waals surface area contributed by atoms with Crippen LogP contribution in [0.15, 0.2) is 48.5 Å². The van der Waals surface area contributed by atoms with E-state index in [2.05, 4.69) is 74.6 Å². The lowest BCUT2D eigenvalue weighted by molar-refractivity contribution is 0.443. The van der Waals surface area contributed by atoms with Crippen LogP contribution in [0.3, 0.4) is 0 Å². The fraction of sp³-hybridized carbons (Fsp3) is 0.455. The zero-order valence-corrected chi connectivity index (χ0v) is 14.7. The molecule has 0 spiro atoms. The normalized spacial score (nSPS) is 16.3. The molecule has 0 radical (unpaired) electrons. The van der Waals surface area contributed by atoms with E-state index < -0.39 is 0 Å². The molecule has 0 heterocycles. The van der Waals surface area contributed by atoms with Gasteiger partial charge >= 0.3 is 0 Å². The quantitative estimate of drug-likeness (QED) is 0.659. The van der Waals surface area contributed by atoms with Crippen LogP contribution in [-0.2, 0) is 5.41 Å². The molecule has 1 aliphatic rings. The Morgan fingerprint density at radius 1 is 0.739 bits per heavy atom. The molecular formula is C22H29N. The zero-order chi connectivity index (χ0) is 16.3. The van der Waals surface area contributed by atoms with Crippen molar-refractivity contribution in [3.63, 3.8) is 0 Å². The lowest BCUT2D eigenvalue weighted by Crippen LogP contribution is -2.10. The highest BCUT2D eigenvalue weighted by molar-refractivity contribution is 5.60. The lowest BCUT2D eigenvalue weighted by atomic mass is 9.84. The second kappa shape index (κ2) is 6.78. The SMILES string of the molecule is CC(C)(C)c1ccc(Nc2ccc(C3CCCCC3)cc2)cc1. The Kier molecular flexibility index (Phi) is 4.75. The van der Waals surface area contributed by atoms with Crippen molar-refractivity contribution >= 4 is 11.4 Å². The van der Waals surface area contributed by atoms with Crippen molar-refractivity contribution in [1.29, 1.82) is 0 Å². The predicted octanol–water partition coefficient (Wildman–Crippen LogP) is 6.78. The summed E-state index contributed by atoms with van der Waals surface area (Å²) in [6.07, 6.45) is 6.93. The Morgan fingerprint density at radius 2 is 1.26 bits per heavy atom. The summed E-state index contributed by atoms with van der Waals surface area (Å²) in [5.41, 5.74) is 5.42. The first-order valence-electron chi connectivity index (χ1n) is 9.00. The topological polar surface area (TPSA) is 12.0 Å². The highest BCUT2D eigenvalue weighted by Gasteiger charge is 2.15. The maximum absolute atomic E-state index is 3.51. The van der Waals surface area contributed by atoms with E-state index in [-0.39, 0.29) is 5.41 Å². The van der Waals surface area contributed by atoms with Crippen molar-refractivity contribution in [3.8, 4) is 0 Å². The zero-order valence-electron chi connectivity index (χ0n) is 14.7. The molecule has 1 heteroatoms. The van der Waals surface area contributed by atoms with Gasteiger partial charge in [-0.3, -0.25) is 0 Å². The van der Waals surface area contributed by atoms with Gasteiger partial charge in [0.05, 0.1) is 0 Å². The number of nitrogens with one attached hydrogen (secondary N) is 1. The fourth-order valence-corrected chi connectivity index (χ4v) is 3.49. The maximum Gasteiger partial charge on any atom is 0.0384 e. The van der Waals surface area contributed by atoms with E-state index >= 15 is 0 Å². The van der Waals surface area contributed by atoms with Crippen molar-refractivity contribution in [1.82, 2.24) is 0 Å². The van der Waals surface area contributed by atoms with Crippen LogP contribution >= 0.6 is 0 Å². The minimum absolute atomic E-state index is 0.209. The molecule has 1 saturated carbocycles. The molecular weight excluding hydrogens is 278 g/mol. The molecule has 0 amide bonds. The first-order valence-corrected chi connectivity index (χ1v) is 9.00. The third-order valence-electron chi connectivity index (χ3n) is 5.03. The monoisotopic (exact) mass is 307 g/mol. The van der Waals surface area contributed by atoms with Crippen LogP contribution < -0.4 is 5.32 Å². The van der Waals surface area contributed by atoms with E-state index in [1.54, 1.807) is 0 Å². The summed E-state index contributed by atoms with van der Waals surface area (Å²) < 4.78 is 0. The summed E-state index contributed by atoms with van der Waals surface area (Å²) in [7, 11) is 0. The van der Waals surface area contributed by atoms with Crippen molar-refractivity contribution in [3.05, 3.63) is 59.7 Å². The molecule has 0 bridgehead atoms. The summed E-state index contributed by atoms with van der Waals surface area (Å²) in [6.45, 7) is 6.75. The highest BCUT2D eigenvalue weighted by Crippen LogP contribution is 2.33. The second-order valence-corrected chi connectivity index (χ2v) is 7.91. The van der Waals surface area contributed by atoms with Crippen molar-refractivity contribution in [2.45, 2.75) is 64.2 Å². The summed E-state index contributed by atoms with van der Waals surface area (Å²) in [4.78, 5) is 0. The molecule has 0 atom stereocenters. The number of anilines is 2. The van der Waals surface area contributed by atoms with Gasteiger partial charge in [-0.2, -0.15) is 0 Å². The number of hydrogen-bond donors (Lipinski definition) is 1. The van der Waals surface area contributed by atoms with Crippen LogP contribution in [0, 0.1) is 0 Å². The van der Waals surface area contributed by atoms with Crippen LogP contribution in [0.5, 0.6) is 0 Å². The number of hydrogen-bond acceptors (Lipinski definition) is 1. The molecule has 1 nitrogen and oxygen atoms in total. The van der Waals surface area contributed by atoms with Crippen LogP contribution in [-0.4, -0.2) is 0 Å². The molecule has 2 aromatic carbocycles. The van der Waals surface area contributed by atoms with Crippen molar-refractivity contribution < 1.29 is 0 Å². The molecule has 0 unspecified atom stereocenters. The molecule has 122 valence electrons. The highest BCUT2D eigenvalue weighted by atomic mass is 14.9. The standard InChI is InChI=1S/C22H29N/c1-22(2,3)19-11-15-21(16-12-19)23-20-13-9-18(10-14-20)17-7-5-4-6-8-17/h9-17,23H,4-8H2,1-3H3. The lowest BCUT2D eigenvalue weighted by Gasteiger charge is -2.22. The van der Waals surface area contributed by atoms with Gasteiger partial charge < -0.3 is 5.32 Å². The molecule has 1 N–H and O–H groups in total. The van der Waals surface area contributed by atoms with Gasteiger partial charge in [0, 0.05) is 11.4 Å². The van der Waals surface area contributed by atoms with Gasteiger partial charge in [0.1, 0.15) is 0 Å². The van der Waals surface area contributed by atoms with E-state index in [9.17, 15) is 0 Å². The largest absolute Gasteiger partial charge is 0.356 e. The average molecular weight is 307 g/mol. The van der Waals surface area contributed by atoms with Gasteiger partial charge in [-0.05, 0) is 59.6 Å². The Hall–Kier alpha value is -1.76. The van der Waals surface area contributed by atoms with E-state index in [0.29, 0.717) is 0 Å². The third-order valence-corrected chi connectivity index (χ3v) is 5.03. The molecule has 1 fully saturated rings. The minimum Gasteiger partial charge on any atom is -0.356 e. The van der Waals surface area contributed by atoms with Crippen LogP contribution in [0.4, 0.5) is 11.4 Å². The first-order chi connectivity index (χ1) is 11.0. The van der Waals surface area contributed by atoms with Gasteiger partial charge in [-0.25, -0.2) is 0 Å². The Balaban J connectivity index is 1.66. The summed E-state index contributed by atoms with van der Waals surface area (Å²) in [6, 6.07) is 17.9. The van der Waals surface area contributed by atoms with Crippen LogP contribution in [0.2, 0.25) is 0 Å². The molecule has 23 heavy (non-hydrogen) atoms. The second-order valence-electron chi connectivity index (χ2n) is 7.91. The molecule has 3 rings (SSSR count). The molecule has 0 saturated heterocycles. The van der Waals surface area contributed by atoms with E-state index in [1.807, 2.05) is 0 Å². The van der Waals surface area contributed by atoms with Crippen LogP contribution in [0.25, 0.3) is 0 Å². The summed E-state index contributed by atoms with van der Waals surface area (Å²) in [5, 5.41) is 3.51. The van der Waals surface area contributed by atoms with Crippen molar-refractivity contribution in [2.24, 2.45) is 0 Å². The Labute approximate surface area is 141 Å². The predicted molar refractivity (Wildman–Crippen MR) is 101 cm³/mol.